The second kappa shape index (κ2) is 5.62. The van der Waals surface area contributed by atoms with Crippen molar-refractivity contribution in [1.29, 1.82) is 0 Å². The third kappa shape index (κ3) is 4.00. The highest BCUT2D eigenvalue weighted by Gasteiger charge is 2.43. The lowest BCUT2D eigenvalue weighted by Crippen LogP contribution is -2.40. The molecule has 0 fully saturated rings. The van der Waals surface area contributed by atoms with E-state index in [1.165, 1.54) is 0 Å². The maximum absolute atomic E-state index is 12.0. The second-order valence-electron chi connectivity index (χ2n) is 2.80. The molecule has 0 radical (unpaired) electrons. The van der Waals surface area contributed by atoms with Gasteiger partial charge in [-0.05, 0) is 0 Å². The number of hydrogen-bond acceptors (Lipinski definition) is 5. The van der Waals surface area contributed by atoms with Gasteiger partial charge in [-0.1, -0.05) is 0 Å². The Labute approximate surface area is 89.2 Å². The van der Waals surface area contributed by atoms with Crippen molar-refractivity contribution in [1.82, 2.24) is 0 Å². The van der Waals surface area contributed by atoms with Gasteiger partial charge in [0.25, 0.3) is 5.72 Å². The number of esters is 1. The highest BCUT2D eigenvalue weighted by atomic mass is 19.4. The topological polar surface area (TPSA) is 65.0 Å². The number of methoxy groups -OCH3 is 2. The van der Waals surface area contributed by atoms with Crippen molar-refractivity contribution >= 4 is 12.0 Å². The molecule has 5 nitrogen and oxygen atoms in total. The van der Waals surface area contributed by atoms with Crippen LogP contribution in [0.2, 0.25) is 0 Å². The molecule has 0 saturated heterocycles. The Morgan fingerprint density at radius 3 is 2.19 bits per heavy atom. The Balaban J connectivity index is 4.92. The van der Waals surface area contributed by atoms with E-state index in [0.29, 0.717) is 0 Å². The van der Waals surface area contributed by atoms with Crippen molar-refractivity contribution in [3.63, 3.8) is 0 Å². The molecule has 0 spiro atoms. The molecule has 0 heterocycles. The van der Waals surface area contributed by atoms with Crippen LogP contribution in [0.4, 0.5) is 13.2 Å². The Morgan fingerprint density at radius 2 is 1.88 bits per heavy atom. The highest BCUT2D eigenvalue weighted by molar-refractivity contribution is 5.80. The first-order valence-corrected chi connectivity index (χ1v) is 4.10. The summed E-state index contributed by atoms with van der Waals surface area (Å²) >= 11 is 0. The number of carbonyl (C=O) groups is 1. The van der Waals surface area contributed by atoms with Gasteiger partial charge in [0.05, 0.1) is 7.11 Å². The van der Waals surface area contributed by atoms with Crippen molar-refractivity contribution < 1.29 is 32.2 Å². The molecule has 16 heavy (non-hydrogen) atoms. The monoisotopic (exact) mass is 241 g/mol. The van der Waals surface area contributed by atoms with Crippen molar-refractivity contribution in [2.75, 3.05) is 14.2 Å². The molecule has 0 amide bonds. The van der Waals surface area contributed by atoms with E-state index in [2.05, 4.69) is 14.5 Å². The van der Waals surface area contributed by atoms with E-state index in [-0.39, 0.29) is 0 Å². The van der Waals surface area contributed by atoms with Gasteiger partial charge in [0, 0.05) is 20.0 Å². The minimum atomic E-state index is -4.49. The third-order valence-electron chi connectivity index (χ3n) is 1.82. The standard InChI is InChI=1S/C8H10F3NO4/c1-15-6(14)7(16-2,12-5-13)3-4-8(9,10)11/h3-4H2,1-2H3. The van der Waals surface area contributed by atoms with E-state index in [1.807, 2.05) is 0 Å². The van der Waals surface area contributed by atoms with Crippen LogP contribution in [0.1, 0.15) is 12.8 Å². The lowest BCUT2D eigenvalue weighted by atomic mass is 10.1. The molecule has 0 aromatic carbocycles. The van der Waals surface area contributed by atoms with Gasteiger partial charge >= 0.3 is 12.1 Å². The Morgan fingerprint density at radius 1 is 1.31 bits per heavy atom. The Kier molecular flexibility index (Phi) is 5.13. The molecule has 0 aliphatic rings. The Bertz CT molecular complexity index is 298. The fourth-order valence-electron chi connectivity index (χ4n) is 0.979. The van der Waals surface area contributed by atoms with Crippen molar-refractivity contribution in [3.05, 3.63) is 0 Å². The summed E-state index contributed by atoms with van der Waals surface area (Å²) in [5.74, 6) is -1.18. The van der Waals surface area contributed by atoms with Crippen LogP contribution in [-0.2, 0) is 19.1 Å². The van der Waals surface area contributed by atoms with E-state index in [9.17, 15) is 22.8 Å². The molecule has 0 aromatic heterocycles. The number of ether oxygens (including phenoxy) is 2. The maximum atomic E-state index is 12.0. The average molecular weight is 241 g/mol. The smallest absolute Gasteiger partial charge is 0.389 e. The molecule has 0 rings (SSSR count). The largest absolute Gasteiger partial charge is 0.465 e. The van der Waals surface area contributed by atoms with Gasteiger partial charge in [0.15, 0.2) is 0 Å². The molecule has 92 valence electrons. The van der Waals surface area contributed by atoms with Gasteiger partial charge in [-0.15, -0.1) is 0 Å². The van der Waals surface area contributed by atoms with Crippen LogP contribution in [-0.4, -0.2) is 38.2 Å². The van der Waals surface area contributed by atoms with Crippen molar-refractivity contribution in [2.45, 2.75) is 24.7 Å². The van der Waals surface area contributed by atoms with E-state index >= 15 is 0 Å². The van der Waals surface area contributed by atoms with Gasteiger partial charge < -0.3 is 9.47 Å². The fraction of sp³-hybridized carbons (Fsp3) is 0.750. The van der Waals surface area contributed by atoms with Gasteiger partial charge in [0.1, 0.15) is 0 Å². The van der Waals surface area contributed by atoms with Crippen molar-refractivity contribution in [2.24, 2.45) is 4.99 Å². The molecule has 0 aliphatic carbocycles. The summed E-state index contributed by atoms with van der Waals surface area (Å²) in [4.78, 5) is 24.2. The second-order valence-corrected chi connectivity index (χ2v) is 2.80. The van der Waals surface area contributed by atoms with Crippen LogP contribution in [0.25, 0.3) is 0 Å². The third-order valence-corrected chi connectivity index (χ3v) is 1.82. The molecule has 0 bridgehead atoms. The van der Waals surface area contributed by atoms with E-state index in [0.717, 1.165) is 20.3 Å². The predicted molar refractivity (Wildman–Crippen MR) is 45.2 cm³/mol. The number of nitrogens with zero attached hydrogens (tertiary/aromatic N) is 1. The first-order valence-electron chi connectivity index (χ1n) is 4.10. The normalized spacial score (nSPS) is 14.8. The van der Waals surface area contributed by atoms with Crippen LogP contribution >= 0.6 is 0 Å². The Hall–Kier alpha value is -1.40. The van der Waals surface area contributed by atoms with E-state index < -0.39 is 30.7 Å². The minimum absolute atomic E-state index is 0.838. The number of carbonyl (C=O) groups excluding carboxylic acids is 2. The number of alkyl halides is 3. The van der Waals surface area contributed by atoms with Crippen LogP contribution in [0.3, 0.4) is 0 Å². The van der Waals surface area contributed by atoms with Gasteiger partial charge in [-0.3, -0.25) is 0 Å². The predicted octanol–water partition coefficient (Wildman–Crippen LogP) is 1.18. The summed E-state index contributed by atoms with van der Waals surface area (Å²) in [7, 11) is 1.90. The molecule has 0 saturated carbocycles. The first kappa shape index (κ1) is 14.6. The summed E-state index contributed by atoms with van der Waals surface area (Å²) in [6.07, 6.45) is -5.67. The molecule has 8 heteroatoms. The summed E-state index contributed by atoms with van der Waals surface area (Å²) in [6.45, 7) is 0. The molecular weight excluding hydrogens is 231 g/mol. The average Bonchev–Trinajstić information content (AvgIpc) is 2.22. The molecule has 0 aromatic rings. The zero-order valence-corrected chi connectivity index (χ0v) is 8.63. The summed E-state index contributed by atoms with van der Waals surface area (Å²) in [5.41, 5.74) is -2.27. The summed E-state index contributed by atoms with van der Waals surface area (Å²) in [6, 6.07) is 0. The summed E-state index contributed by atoms with van der Waals surface area (Å²) in [5, 5.41) is 0. The minimum Gasteiger partial charge on any atom is -0.465 e. The van der Waals surface area contributed by atoms with Gasteiger partial charge in [-0.2, -0.15) is 18.2 Å². The first-order chi connectivity index (χ1) is 7.31. The zero-order valence-electron chi connectivity index (χ0n) is 8.63. The SMILES string of the molecule is COC(=O)C(CCC(F)(F)F)(N=C=O)OC. The number of aliphatic imine (C=N–C) groups is 1. The molecule has 0 aliphatic heterocycles. The molecule has 0 N–H and O–H groups in total. The number of halogens is 3. The zero-order chi connectivity index (χ0) is 12.8. The van der Waals surface area contributed by atoms with Crippen LogP contribution in [0.5, 0.6) is 0 Å². The van der Waals surface area contributed by atoms with Gasteiger partial charge in [0.2, 0.25) is 6.08 Å². The van der Waals surface area contributed by atoms with Crippen LogP contribution in [0.15, 0.2) is 4.99 Å². The highest BCUT2D eigenvalue weighted by Crippen LogP contribution is 2.29. The van der Waals surface area contributed by atoms with E-state index in [1.54, 1.807) is 0 Å². The lowest BCUT2D eigenvalue weighted by molar-refractivity contribution is -0.175. The molecule has 1 unspecified atom stereocenters. The quantitative estimate of drug-likeness (QED) is 0.412. The summed E-state index contributed by atoms with van der Waals surface area (Å²) < 4.78 is 44.7. The van der Waals surface area contributed by atoms with Gasteiger partial charge in [-0.25, -0.2) is 9.59 Å². The molecule has 1 atom stereocenters. The number of hydrogen-bond donors (Lipinski definition) is 0. The van der Waals surface area contributed by atoms with Crippen LogP contribution < -0.4 is 0 Å². The number of isocyanates is 1. The van der Waals surface area contributed by atoms with Crippen LogP contribution in [0, 0.1) is 0 Å². The number of rotatable bonds is 5. The lowest BCUT2D eigenvalue weighted by Gasteiger charge is -2.23. The maximum Gasteiger partial charge on any atom is 0.389 e. The fourth-order valence-corrected chi connectivity index (χ4v) is 0.979. The molecular formula is C8H10F3NO4. The van der Waals surface area contributed by atoms with Crippen molar-refractivity contribution in [3.8, 4) is 0 Å². The van der Waals surface area contributed by atoms with E-state index in [4.69, 9.17) is 0 Å².